The normalized spacial score (nSPS) is 20.2. The van der Waals surface area contributed by atoms with E-state index in [0.29, 0.717) is 48.7 Å². The SMILES string of the molecule is C=CCN1C(=O)[C@](O)([C@H](C)/C=C/CCn2cc(C(CO)c3ccccc3)nn2)c2cc(N3CCOC3=O)ccc21. The zero-order valence-corrected chi connectivity index (χ0v) is 22.4. The third-order valence-corrected chi connectivity index (χ3v) is 7.54. The molecule has 1 aromatic heterocycles. The molecule has 0 bridgehead atoms. The number of hydrogen-bond acceptors (Lipinski definition) is 7. The summed E-state index contributed by atoms with van der Waals surface area (Å²) in [5, 5.41) is 30.2. The zero-order chi connectivity index (χ0) is 28.3. The van der Waals surface area contributed by atoms with Crippen LogP contribution in [0.2, 0.25) is 0 Å². The number of hydrogen-bond donors (Lipinski definition) is 2. The number of amides is 2. The van der Waals surface area contributed by atoms with E-state index in [1.165, 1.54) is 9.80 Å². The molecule has 1 saturated heterocycles. The fourth-order valence-electron chi connectivity index (χ4n) is 5.33. The van der Waals surface area contributed by atoms with Crippen LogP contribution in [0, 0.1) is 5.92 Å². The predicted octanol–water partition coefficient (Wildman–Crippen LogP) is 3.36. The molecule has 40 heavy (non-hydrogen) atoms. The summed E-state index contributed by atoms with van der Waals surface area (Å²) in [4.78, 5) is 28.7. The van der Waals surface area contributed by atoms with Crippen molar-refractivity contribution in [3.8, 4) is 0 Å². The molecule has 0 radical (unpaired) electrons. The molecule has 1 fully saturated rings. The number of anilines is 2. The highest BCUT2D eigenvalue weighted by molar-refractivity contribution is 6.08. The van der Waals surface area contributed by atoms with E-state index in [1.54, 1.807) is 35.9 Å². The van der Waals surface area contributed by atoms with Crippen molar-refractivity contribution < 1.29 is 24.5 Å². The number of aryl methyl sites for hydroxylation is 1. The van der Waals surface area contributed by atoms with E-state index in [-0.39, 0.29) is 19.1 Å². The molecule has 2 aromatic carbocycles. The van der Waals surface area contributed by atoms with Crippen molar-refractivity contribution in [3.05, 3.63) is 96.4 Å². The summed E-state index contributed by atoms with van der Waals surface area (Å²) in [6.45, 7) is 6.97. The van der Waals surface area contributed by atoms with Crippen LogP contribution < -0.4 is 9.80 Å². The average Bonchev–Trinajstić information content (AvgIpc) is 3.67. The van der Waals surface area contributed by atoms with Gasteiger partial charge >= 0.3 is 6.09 Å². The van der Waals surface area contributed by atoms with Gasteiger partial charge in [0.1, 0.15) is 6.61 Å². The highest BCUT2D eigenvalue weighted by Gasteiger charge is 2.52. The largest absolute Gasteiger partial charge is 0.447 e. The molecule has 2 N–H and O–H groups in total. The molecule has 1 unspecified atom stereocenters. The van der Waals surface area contributed by atoms with E-state index in [0.717, 1.165) is 5.56 Å². The van der Waals surface area contributed by atoms with Crippen LogP contribution in [0.4, 0.5) is 16.2 Å². The Morgan fingerprint density at radius 1 is 1.20 bits per heavy atom. The number of cyclic esters (lactones) is 1. The number of ether oxygens (including phenoxy) is 1. The molecule has 0 aliphatic carbocycles. The van der Waals surface area contributed by atoms with Crippen molar-refractivity contribution in [2.75, 3.05) is 36.1 Å². The summed E-state index contributed by atoms with van der Waals surface area (Å²) in [6.07, 6.45) is 7.33. The first-order chi connectivity index (χ1) is 19.4. The van der Waals surface area contributed by atoms with Gasteiger partial charge in [-0.05, 0) is 30.2 Å². The third kappa shape index (κ3) is 4.91. The minimum Gasteiger partial charge on any atom is -0.447 e. The maximum atomic E-state index is 13.5. The molecule has 2 aliphatic heterocycles. The molecule has 5 rings (SSSR count). The Morgan fingerprint density at radius 2 is 2.00 bits per heavy atom. The van der Waals surface area contributed by atoms with Gasteiger partial charge in [-0.15, -0.1) is 11.7 Å². The van der Waals surface area contributed by atoms with Gasteiger partial charge in [-0.1, -0.05) is 60.7 Å². The lowest BCUT2D eigenvalue weighted by Gasteiger charge is -2.28. The lowest BCUT2D eigenvalue weighted by atomic mass is 9.82. The van der Waals surface area contributed by atoms with Crippen LogP contribution in [0.5, 0.6) is 0 Å². The number of fused-ring (bicyclic) bond motifs is 1. The maximum absolute atomic E-state index is 13.5. The fourth-order valence-corrected chi connectivity index (χ4v) is 5.33. The van der Waals surface area contributed by atoms with Crippen LogP contribution in [-0.4, -0.2) is 63.5 Å². The van der Waals surface area contributed by atoms with Crippen molar-refractivity contribution in [2.24, 2.45) is 5.92 Å². The minimum absolute atomic E-state index is 0.0717. The number of aromatic nitrogens is 3. The van der Waals surface area contributed by atoms with Crippen LogP contribution in [0.1, 0.15) is 36.1 Å². The Hall–Kier alpha value is -4.28. The Morgan fingerprint density at radius 3 is 2.70 bits per heavy atom. The Kier molecular flexibility index (Phi) is 7.81. The van der Waals surface area contributed by atoms with E-state index in [4.69, 9.17) is 4.74 Å². The van der Waals surface area contributed by atoms with Gasteiger partial charge in [0.15, 0.2) is 5.60 Å². The van der Waals surface area contributed by atoms with Crippen LogP contribution in [-0.2, 0) is 21.7 Å². The molecule has 0 saturated carbocycles. The van der Waals surface area contributed by atoms with Gasteiger partial charge in [0, 0.05) is 36.5 Å². The second kappa shape index (κ2) is 11.4. The quantitative estimate of drug-likeness (QED) is 0.356. The number of rotatable bonds is 11. The van der Waals surface area contributed by atoms with Gasteiger partial charge in [0.25, 0.3) is 5.91 Å². The first-order valence-corrected chi connectivity index (χ1v) is 13.3. The standard InChI is InChI=1S/C30H33N5O5/c1-3-14-35-27-13-12-23(34-16-17-40-29(34)38)18-25(27)30(39,28(35)37)21(2)9-7-8-15-33-19-26(31-32-33)24(20-36)22-10-5-4-6-11-22/h3-7,9-13,18-19,21,24,36,39H,1,8,14-17,20H2,2H3/b9-7+/t21-,24?,30+/m1/s1. The van der Waals surface area contributed by atoms with Crippen LogP contribution in [0.15, 0.2) is 79.5 Å². The number of carbonyl (C=O) groups excluding carboxylic acids is 2. The van der Waals surface area contributed by atoms with Crippen LogP contribution >= 0.6 is 0 Å². The highest BCUT2D eigenvalue weighted by Crippen LogP contribution is 2.46. The topological polar surface area (TPSA) is 121 Å². The Bertz CT molecular complexity index is 1420. The van der Waals surface area contributed by atoms with E-state index < -0.39 is 23.5 Å². The molecule has 10 nitrogen and oxygen atoms in total. The lowest BCUT2D eigenvalue weighted by molar-refractivity contribution is -0.139. The number of aliphatic hydroxyl groups excluding tert-OH is 1. The molecule has 0 spiro atoms. The smallest absolute Gasteiger partial charge is 0.414 e. The fraction of sp³-hybridized carbons (Fsp3) is 0.333. The van der Waals surface area contributed by atoms with Gasteiger partial charge in [-0.25, -0.2) is 4.79 Å². The van der Waals surface area contributed by atoms with E-state index in [2.05, 4.69) is 16.9 Å². The predicted molar refractivity (Wildman–Crippen MR) is 150 cm³/mol. The van der Waals surface area contributed by atoms with Crippen molar-refractivity contribution in [1.29, 1.82) is 0 Å². The summed E-state index contributed by atoms with van der Waals surface area (Å²) in [5.41, 5.74) is 1.47. The molecule has 208 valence electrons. The van der Waals surface area contributed by atoms with Gasteiger partial charge in [-0.3, -0.25) is 14.4 Å². The van der Waals surface area contributed by atoms with E-state index in [1.807, 2.05) is 48.7 Å². The number of allylic oxidation sites excluding steroid dienone is 1. The number of aliphatic hydroxyl groups is 2. The summed E-state index contributed by atoms with van der Waals surface area (Å²) in [7, 11) is 0. The van der Waals surface area contributed by atoms with Crippen molar-refractivity contribution in [3.63, 3.8) is 0 Å². The Labute approximate surface area is 232 Å². The second-order valence-corrected chi connectivity index (χ2v) is 10.00. The molecule has 3 aromatic rings. The van der Waals surface area contributed by atoms with Crippen molar-refractivity contribution >= 4 is 23.4 Å². The first-order valence-electron chi connectivity index (χ1n) is 13.3. The van der Waals surface area contributed by atoms with E-state index in [9.17, 15) is 19.8 Å². The summed E-state index contributed by atoms with van der Waals surface area (Å²) >= 11 is 0. The monoisotopic (exact) mass is 543 g/mol. The molecule has 2 amide bonds. The van der Waals surface area contributed by atoms with Crippen LogP contribution in [0.25, 0.3) is 0 Å². The Balaban J connectivity index is 1.31. The van der Waals surface area contributed by atoms with Gasteiger partial charge in [-0.2, -0.15) is 0 Å². The first kappa shape index (κ1) is 27.3. The molecule has 2 aliphatic rings. The van der Waals surface area contributed by atoms with Gasteiger partial charge in [0.05, 0.1) is 30.5 Å². The van der Waals surface area contributed by atoms with Gasteiger partial charge < -0.3 is 19.8 Å². The van der Waals surface area contributed by atoms with E-state index >= 15 is 0 Å². The molecular weight excluding hydrogens is 510 g/mol. The minimum atomic E-state index is -1.81. The lowest BCUT2D eigenvalue weighted by Crippen LogP contribution is -2.44. The summed E-state index contributed by atoms with van der Waals surface area (Å²) < 4.78 is 6.78. The molecule has 10 heteroatoms. The molecule has 3 heterocycles. The summed E-state index contributed by atoms with van der Waals surface area (Å²) in [6, 6.07) is 14.9. The van der Waals surface area contributed by atoms with Crippen molar-refractivity contribution in [2.45, 2.75) is 31.4 Å². The van der Waals surface area contributed by atoms with Crippen LogP contribution in [0.3, 0.4) is 0 Å². The van der Waals surface area contributed by atoms with Gasteiger partial charge in [0.2, 0.25) is 0 Å². The maximum Gasteiger partial charge on any atom is 0.414 e. The van der Waals surface area contributed by atoms with Crippen molar-refractivity contribution in [1.82, 2.24) is 15.0 Å². The molecule has 3 atom stereocenters. The second-order valence-electron chi connectivity index (χ2n) is 10.00. The molecular formula is C30H33N5O5. The number of nitrogens with zero attached hydrogens (tertiary/aromatic N) is 5. The third-order valence-electron chi connectivity index (χ3n) is 7.54. The number of benzene rings is 2. The zero-order valence-electron chi connectivity index (χ0n) is 22.4. The number of carbonyl (C=O) groups is 2. The summed E-state index contributed by atoms with van der Waals surface area (Å²) in [5.74, 6) is -1.24. The average molecular weight is 544 g/mol. The highest BCUT2D eigenvalue weighted by atomic mass is 16.6.